The summed E-state index contributed by atoms with van der Waals surface area (Å²) in [5, 5.41) is 2.75. The van der Waals surface area contributed by atoms with Crippen molar-refractivity contribution in [2.45, 2.75) is 39.3 Å². The molecule has 0 unspecified atom stereocenters. The van der Waals surface area contributed by atoms with Crippen molar-refractivity contribution in [3.05, 3.63) is 46.9 Å². The van der Waals surface area contributed by atoms with Crippen molar-refractivity contribution in [2.75, 3.05) is 12.3 Å². The number of benzene rings is 1. The second-order valence-corrected chi connectivity index (χ2v) is 8.44. The number of nitrogens with zero attached hydrogens (tertiary/aromatic N) is 1. The van der Waals surface area contributed by atoms with Crippen molar-refractivity contribution in [1.29, 1.82) is 0 Å². The van der Waals surface area contributed by atoms with Gasteiger partial charge in [-0.1, -0.05) is 18.7 Å². The maximum absolute atomic E-state index is 12.5. The van der Waals surface area contributed by atoms with Gasteiger partial charge in [0.2, 0.25) is 0 Å². The second-order valence-electron chi connectivity index (χ2n) is 7.12. The monoisotopic (exact) mass is 376 g/mol. The molecule has 6 nitrogen and oxygen atoms in total. The highest BCUT2D eigenvalue weighted by molar-refractivity contribution is 8.03. The number of carbonyl (C=O) groups is 3. The fraction of sp³-hybridized carbons (Fsp3) is 0.421. The lowest BCUT2D eigenvalue weighted by Gasteiger charge is -2.26. The Morgan fingerprint density at radius 1 is 1.23 bits per heavy atom. The Bertz CT molecular complexity index is 704. The van der Waals surface area contributed by atoms with E-state index in [1.54, 1.807) is 45.0 Å². The standard InChI is InChI=1S/C19H24N2O4S/c1-12(2)26-11-13(20-18(24)25-19(3,4)5)10-21-16(22)14-8-6-7-9-15(14)17(21)23/h6-9,13H,1,10-11H2,2-5H3,(H,20,24)/t13-/m0/s1. The van der Waals surface area contributed by atoms with Crippen LogP contribution in [0.25, 0.3) is 0 Å². The molecule has 3 amide bonds. The summed E-state index contributed by atoms with van der Waals surface area (Å²) in [6.45, 7) is 11.1. The van der Waals surface area contributed by atoms with E-state index in [9.17, 15) is 14.4 Å². The van der Waals surface area contributed by atoms with Crippen LogP contribution in [0.3, 0.4) is 0 Å². The van der Waals surface area contributed by atoms with Gasteiger partial charge < -0.3 is 10.1 Å². The van der Waals surface area contributed by atoms with Crippen molar-refractivity contribution in [2.24, 2.45) is 0 Å². The highest BCUT2D eigenvalue weighted by atomic mass is 32.2. The van der Waals surface area contributed by atoms with Crippen molar-refractivity contribution in [3.8, 4) is 0 Å². The van der Waals surface area contributed by atoms with Crippen LogP contribution in [-0.4, -0.2) is 46.7 Å². The molecule has 0 spiro atoms. The molecule has 2 rings (SSSR count). The lowest BCUT2D eigenvalue weighted by molar-refractivity contribution is 0.0476. The van der Waals surface area contributed by atoms with E-state index in [4.69, 9.17) is 4.74 Å². The van der Waals surface area contributed by atoms with E-state index in [-0.39, 0.29) is 18.4 Å². The summed E-state index contributed by atoms with van der Waals surface area (Å²) in [4.78, 5) is 39.2. The van der Waals surface area contributed by atoms with E-state index < -0.39 is 17.7 Å². The molecule has 1 heterocycles. The molecule has 26 heavy (non-hydrogen) atoms. The Morgan fingerprint density at radius 2 is 1.77 bits per heavy atom. The minimum Gasteiger partial charge on any atom is -0.444 e. The molecule has 1 aliphatic rings. The Labute approximate surface area is 158 Å². The van der Waals surface area contributed by atoms with Gasteiger partial charge in [0.15, 0.2) is 0 Å². The van der Waals surface area contributed by atoms with E-state index in [2.05, 4.69) is 11.9 Å². The number of ether oxygens (including phenoxy) is 1. The molecule has 0 aliphatic carbocycles. The minimum atomic E-state index is -0.633. The summed E-state index contributed by atoms with van der Waals surface area (Å²) >= 11 is 1.46. The molecular formula is C19H24N2O4S. The number of alkyl carbamates (subject to hydrolysis) is 1. The molecule has 1 aromatic rings. The number of imide groups is 1. The minimum absolute atomic E-state index is 0.0753. The molecule has 1 aliphatic heterocycles. The van der Waals surface area contributed by atoms with Crippen LogP contribution in [0.4, 0.5) is 4.79 Å². The van der Waals surface area contributed by atoms with Crippen LogP contribution in [0, 0.1) is 0 Å². The Morgan fingerprint density at radius 3 is 2.23 bits per heavy atom. The third-order valence-electron chi connectivity index (χ3n) is 3.53. The predicted molar refractivity (Wildman–Crippen MR) is 102 cm³/mol. The number of allylic oxidation sites excluding steroid dienone is 1. The van der Waals surface area contributed by atoms with Gasteiger partial charge in [0.05, 0.1) is 23.7 Å². The number of rotatable bonds is 6. The first-order valence-corrected chi connectivity index (χ1v) is 9.30. The van der Waals surface area contributed by atoms with Crippen molar-refractivity contribution < 1.29 is 19.1 Å². The summed E-state index contributed by atoms with van der Waals surface area (Å²) in [5.74, 6) is -0.217. The molecular weight excluding hydrogens is 352 g/mol. The zero-order chi connectivity index (χ0) is 19.5. The van der Waals surface area contributed by atoms with Gasteiger partial charge >= 0.3 is 6.09 Å². The summed E-state index contributed by atoms with van der Waals surface area (Å²) in [5.41, 5.74) is 0.146. The molecule has 1 atom stereocenters. The van der Waals surface area contributed by atoms with E-state index in [1.807, 2.05) is 6.92 Å². The maximum Gasteiger partial charge on any atom is 0.407 e. The van der Waals surface area contributed by atoms with Gasteiger partial charge in [0.1, 0.15) is 5.60 Å². The number of amides is 3. The number of carbonyl (C=O) groups excluding carboxylic acids is 3. The zero-order valence-electron chi connectivity index (χ0n) is 15.5. The number of thioether (sulfide) groups is 1. The highest BCUT2D eigenvalue weighted by Gasteiger charge is 2.36. The molecule has 0 radical (unpaired) electrons. The number of fused-ring (bicyclic) bond motifs is 1. The van der Waals surface area contributed by atoms with Gasteiger partial charge in [0.25, 0.3) is 11.8 Å². The largest absolute Gasteiger partial charge is 0.444 e. The van der Waals surface area contributed by atoms with Crippen molar-refractivity contribution in [3.63, 3.8) is 0 Å². The summed E-state index contributed by atoms with van der Waals surface area (Å²) in [7, 11) is 0. The van der Waals surface area contributed by atoms with Crippen molar-refractivity contribution in [1.82, 2.24) is 10.2 Å². The third-order valence-corrected chi connectivity index (χ3v) is 4.59. The first-order valence-electron chi connectivity index (χ1n) is 8.31. The maximum atomic E-state index is 12.5. The van der Waals surface area contributed by atoms with Crippen LogP contribution in [-0.2, 0) is 4.74 Å². The lowest BCUT2D eigenvalue weighted by Crippen LogP contribution is -2.48. The van der Waals surface area contributed by atoms with Crippen LogP contribution in [0.2, 0.25) is 0 Å². The molecule has 0 aromatic heterocycles. The Hall–Kier alpha value is -2.28. The third kappa shape index (κ3) is 5.11. The number of nitrogens with one attached hydrogen (secondary N) is 1. The van der Waals surface area contributed by atoms with Gasteiger partial charge in [-0.3, -0.25) is 14.5 Å². The van der Waals surface area contributed by atoms with Gasteiger partial charge in [-0.2, -0.15) is 0 Å². The average molecular weight is 376 g/mol. The van der Waals surface area contributed by atoms with Gasteiger partial charge in [-0.05, 0) is 44.7 Å². The zero-order valence-corrected chi connectivity index (χ0v) is 16.3. The van der Waals surface area contributed by atoms with Crippen LogP contribution in [0.1, 0.15) is 48.4 Å². The fourth-order valence-corrected chi connectivity index (χ4v) is 3.16. The first-order chi connectivity index (χ1) is 12.1. The topological polar surface area (TPSA) is 75.7 Å². The number of hydrogen-bond acceptors (Lipinski definition) is 5. The molecule has 0 bridgehead atoms. The van der Waals surface area contributed by atoms with Crippen molar-refractivity contribution >= 4 is 29.7 Å². The highest BCUT2D eigenvalue weighted by Crippen LogP contribution is 2.23. The van der Waals surface area contributed by atoms with Crippen LogP contribution in [0.5, 0.6) is 0 Å². The Balaban J connectivity index is 2.11. The second kappa shape index (κ2) is 7.95. The lowest BCUT2D eigenvalue weighted by atomic mass is 10.1. The van der Waals surface area contributed by atoms with Crippen LogP contribution < -0.4 is 5.32 Å². The smallest absolute Gasteiger partial charge is 0.407 e. The van der Waals surface area contributed by atoms with E-state index in [0.29, 0.717) is 16.9 Å². The average Bonchev–Trinajstić information content (AvgIpc) is 2.76. The van der Waals surface area contributed by atoms with E-state index in [1.165, 1.54) is 16.7 Å². The van der Waals surface area contributed by atoms with Crippen LogP contribution in [0.15, 0.2) is 35.7 Å². The summed E-state index contributed by atoms with van der Waals surface area (Å²) < 4.78 is 5.28. The fourth-order valence-electron chi connectivity index (χ4n) is 2.48. The van der Waals surface area contributed by atoms with E-state index >= 15 is 0 Å². The molecule has 0 saturated heterocycles. The summed E-state index contributed by atoms with van der Waals surface area (Å²) in [6, 6.07) is 6.26. The molecule has 1 aromatic carbocycles. The molecule has 1 N–H and O–H groups in total. The Kier molecular flexibility index (Phi) is 6.13. The first kappa shape index (κ1) is 20.0. The molecule has 0 fully saturated rings. The molecule has 0 saturated carbocycles. The SMILES string of the molecule is C=C(C)SC[C@H](CN1C(=O)c2ccccc2C1=O)NC(=O)OC(C)(C)C. The van der Waals surface area contributed by atoms with Gasteiger partial charge in [-0.25, -0.2) is 4.79 Å². The van der Waals surface area contributed by atoms with E-state index in [0.717, 1.165) is 4.91 Å². The van der Waals surface area contributed by atoms with Gasteiger partial charge in [0, 0.05) is 5.75 Å². The quantitative estimate of drug-likeness (QED) is 0.770. The van der Waals surface area contributed by atoms with Gasteiger partial charge in [-0.15, -0.1) is 11.8 Å². The predicted octanol–water partition coefficient (Wildman–Crippen LogP) is 3.44. The molecule has 7 heteroatoms. The summed E-state index contributed by atoms with van der Waals surface area (Å²) in [6.07, 6.45) is -0.582. The number of hydrogen-bond donors (Lipinski definition) is 1. The normalized spacial score (nSPS) is 14.8. The van der Waals surface area contributed by atoms with Crippen LogP contribution >= 0.6 is 11.8 Å². The molecule has 140 valence electrons.